The number of benzene rings is 4. The normalized spacial score (nSPS) is 10.6. The minimum Gasteiger partial charge on any atom is -0.454 e. The van der Waals surface area contributed by atoms with Crippen LogP contribution in [0, 0.1) is 0 Å². The first-order valence-corrected chi connectivity index (χ1v) is 12.3. The summed E-state index contributed by atoms with van der Waals surface area (Å²) in [5, 5.41) is 1.40. The van der Waals surface area contributed by atoms with Gasteiger partial charge in [0.2, 0.25) is 0 Å². The molecule has 6 nitrogen and oxygen atoms in total. The molecule has 4 aromatic carbocycles. The Morgan fingerprint density at radius 2 is 0.833 bits per heavy atom. The lowest BCUT2D eigenvalue weighted by Gasteiger charge is -2.08. The third kappa shape index (κ3) is 6.33. The molecule has 0 amide bonds. The summed E-state index contributed by atoms with van der Waals surface area (Å²) in [5.74, 6) is -1.87. The summed E-state index contributed by atoms with van der Waals surface area (Å²) >= 11 is 6.61. The fourth-order valence-electron chi connectivity index (χ4n) is 3.37. The Labute approximate surface area is 223 Å². The first kappa shape index (κ1) is 25.5. The Morgan fingerprint density at radius 1 is 0.500 bits per heavy atom. The Kier molecular flexibility index (Phi) is 8.07. The zero-order valence-electron chi connectivity index (χ0n) is 18.7. The van der Waals surface area contributed by atoms with E-state index in [2.05, 4.69) is 31.9 Å². The van der Waals surface area contributed by atoms with Crippen molar-refractivity contribution in [2.24, 2.45) is 0 Å². The lowest BCUT2D eigenvalue weighted by molar-refractivity contribution is 0.0472. The fourth-order valence-corrected chi connectivity index (χ4v) is 3.90. The van der Waals surface area contributed by atoms with E-state index >= 15 is 0 Å². The van der Waals surface area contributed by atoms with E-state index in [1.54, 1.807) is 84.9 Å². The van der Waals surface area contributed by atoms with E-state index in [0.29, 0.717) is 21.9 Å². The summed E-state index contributed by atoms with van der Waals surface area (Å²) < 4.78 is 12.0. The maximum Gasteiger partial charge on any atom is 0.338 e. The molecule has 0 radical (unpaired) electrons. The van der Waals surface area contributed by atoms with Crippen molar-refractivity contribution >= 4 is 66.1 Å². The van der Waals surface area contributed by atoms with Crippen molar-refractivity contribution in [3.05, 3.63) is 116 Å². The monoisotopic (exact) mass is 608 g/mol. The average molecular weight is 610 g/mol. The summed E-state index contributed by atoms with van der Waals surface area (Å²) in [6, 6.07) is 23.2. The number of hydrogen-bond acceptors (Lipinski definition) is 6. The second kappa shape index (κ2) is 11.4. The van der Waals surface area contributed by atoms with E-state index in [1.165, 1.54) is 0 Å². The van der Waals surface area contributed by atoms with Crippen LogP contribution < -0.4 is 0 Å². The molecule has 0 spiro atoms. The summed E-state index contributed by atoms with van der Waals surface area (Å²) in [6.07, 6.45) is 0. The van der Waals surface area contributed by atoms with Gasteiger partial charge in [-0.15, -0.1) is 0 Å². The molecule has 4 rings (SSSR count). The highest BCUT2D eigenvalue weighted by Gasteiger charge is 2.15. The van der Waals surface area contributed by atoms with Gasteiger partial charge in [0.05, 0.1) is 11.1 Å². The van der Waals surface area contributed by atoms with Gasteiger partial charge in [-0.05, 0) is 59.3 Å². The molecule has 0 saturated heterocycles. The second-order valence-electron chi connectivity index (χ2n) is 7.79. The van der Waals surface area contributed by atoms with Crippen LogP contribution in [0.2, 0.25) is 0 Å². The Balaban J connectivity index is 1.37. The number of Topliss-reactive ketones (excluding diaryl/α,β-unsaturated/α-hetero) is 2. The van der Waals surface area contributed by atoms with Gasteiger partial charge in [-0.1, -0.05) is 68.3 Å². The van der Waals surface area contributed by atoms with Crippen LogP contribution in [-0.4, -0.2) is 36.7 Å². The van der Waals surface area contributed by atoms with Crippen molar-refractivity contribution in [1.82, 2.24) is 0 Å². The molecule has 8 heteroatoms. The quantitative estimate of drug-likeness (QED) is 0.169. The van der Waals surface area contributed by atoms with Gasteiger partial charge < -0.3 is 9.47 Å². The van der Waals surface area contributed by atoms with Crippen molar-refractivity contribution in [2.75, 3.05) is 13.2 Å². The van der Waals surface area contributed by atoms with Crippen LogP contribution >= 0.6 is 31.9 Å². The number of ketones is 2. The summed E-state index contributed by atoms with van der Waals surface area (Å²) in [4.78, 5) is 49.4. The Bertz CT molecular complexity index is 1350. The third-order valence-corrected chi connectivity index (χ3v) is 6.37. The molecule has 0 aromatic heterocycles. The molecular weight excluding hydrogens is 592 g/mol. The first-order chi connectivity index (χ1) is 17.3. The molecule has 0 heterocycles. The van der Waals surface area contributed by atoms with E-state index in [-0.39, 0.29) is 35.9 Å². The second-order valence-corrected chi connectivity index (χ2v) is 9.62. The topological polar surface area (TPSA) is 86.7 Å². The molecule has 0 aliphatic heterocycles. The van der Waals surface area contributed by atoms with Crippen molar-refractivity contribution in [3.8, 4) is 0 Å². The maximum absolute atomic E-state index is 12.4. The van der Waals surface area contributed by atoms with E-state index in [9.17, 15) is 19.2 Å². The highest BCUT2D eigenvalue weighted by Crippen LogP contribution is 2.20. The standard InChI is InChI=1S/C28H18Br2O6/c29-23-9-5-17(6-10-23)25(31)15-35-27(33)21-3-1-19-13-22(4-2-20(19)14-21)28(34)36-16-26(32)18-7-11-24(30)12-8-18/h1-14H,15-16H2. The number of halogens is 2. The molecule has 0 N–H and O–H groups in total. The van der Waals surface area contributed by atoms with Gasteiger partial charge >= 0.3 is 11.9 Å². The molecular formula is C28H18Br2O6. The van der Waals surface area contributed by atoms with Crippen LogP contribution in [0.4, 0.5) is 0 Å². The SMILES string of the molecule is O=C(COC(=O)c1ccc2cc(C(=O)OCC(=O)c3ccc(Br)cc3)ccc2c1)c1ccc(Br)cc1. The van der Waals surface area contributed by atoms with E-state index in [4.69, 9.17) is 9.47 Å². The van der Waals surface area contributed by atoms with Gasteiger partial charge in [-0.2, -0.15) is 0 Å². The maximum atomic E-state index is 12.4. The van der Waals surface area contributed by atoms with Gasteiger partial charge in [0.15, 0.2) is 24.8 Å². The van der Waals surface area contributed by atoms with Gasteiger partial charge in [0.1, 0.15) is 0 Å². The summed E-state index contributed by atoms with van der Waals surface area (Å²) in [6.45, 7) is -0.746. The number of ether oxygens (including phenoxy) is 2. The van der Waals surface area contributed by atoms with Crippen LogP contribution in [0.5, 0.6) is 0 Å². The lowest BCUT2D eigenvalue weighted by atomic mass is 10.0. The van der Waals surface area contributed by atoms with E-state index in [0.717, 1.165) is 8.95 Å². The van der Waals surface area contributed by atoms with Crippen LogP contribution in [0.3, 0.4) is 0 Å². The van der Waals surface area contributed by atoms with Crippen LogP contribution in [0.1, 0.15) is 41.4 Å². The van der Waals surface area contributed by atoms with Crippen LogP contribution in [0.25, 0.3) is 10.8 Å². The number of carbonyl (C=O) groups is 4. The number of esters is 2. The third-order valence-electron chi connectivity index (χ3n) is 5.31. The van der Waals surface area contributed by atoms with Crippen LogP contribution in [-0.2, 0) is 9.47 Å². The van der Waals surface area contributed by atoms with Gasteiger partial charge in [0.25, 0.3) is 0 Å². The molecule has 180 valence electrons. The number of carbonyl (C=O) groups excluding carboxylic acids is 4. The number of fused-ring (bicyclic) bond motifs is 1. The molecule has 0 aliphatic carbocycles. The zero-order valence-corrected chi connectivity index (χ0v) is 21.9. The minimum atomic E-state index is -0.627. The zero-order chi connectivity index (χ0) is 25.7. The number of hydrogen-bond donors (Lipinski definition) is 0. The van der Waals surface area contributed by atoms with Gasteiger partial charge in [-0.25, -0.2) is 9.59 Å². The molecule has 0 fully saturated rings. The number of rotatable bonds is 8. The van der Waals surface area contributed by atoms with Crippen molar-refractivity contribution < 1.29 is 28.7 Å². The van der Waals surface area contributed by atoms with E-state index < -0.39 is 11.9 Å². The summed E-state index contributed by atoms with van der Waals surface area (Å²) in [5.41, 5.74) is 1.45. The molecule has 0 aliphatic rings. The minimum absolute atomic E-state index is 0.279. The fraction of sp³-hybridized carbons (Fsp3) is 0.0714. The first-order valence-electron chi connectivity index (χ1n) is 10.8. The van der Waals surface area contributed by atoms with Gasteiger partial charge in [0, 0.05) is 20.1 Å². The smallest absolute Gasteiger partial charge is 0.338 e. The Hall–Kier alpha value is -3.62. The van der Waals surface area contributed by atoms with Gasteiger partial charge in [-0.3, -0.25) is 9.59 Å². The molecule has 36 heavy (non-hydrogen) atoms. The van der Waals surface area contributed by atoms with E-state index in [1.807, 2.05) is 0 Å². The molecule has 4 aromatic rings. The average Bonchev–Trinajstić information content (AvgIpc) is 2.90. The highest BCUT2D eigenvalue weighted by molar-refractivity contribution is 9.10. The predicted molar refractivity (Wildman–Crippen MR) is 141 cm³/mol. The van der Waals surface area contributed by atoms with Crippen LogP contribution in [0.15, 0.2) is 93.9 Å². The summed E-state index contributed by atoms with van der Waals surface area (Å²) in [7, 11) is 0. The Morgan fingerprint density at radius 3 is 1.19 bits per heavy atom. The van der Waals surface area contributed by atoms with Crippen molar-refractivity contribution in [3.63, 3.8) is 0 Å². The molecule has 0 bridgehead atoms. The largest absolute Gasteiger partial charge is 0.454 e. The molecule has 0 unspecified atom stereocenters. The predicted octanol–water partition coefficient (Wildman–Crippen LogP) is 6.44. The molecule has 0 atom stereocenters. The van der Waals surface area contributed by atoms with Crippen molar-refractivity contribution in [2.45, 2.75) is 0 Å². The highest BCUT2D eigenvalue weighted by atomic mass is 79.9. The van der Waals surface area contributed by atoms with Crippen molar-refractivity contribution in [1.29, 1.82) is 0 Å². The lowest BCUT2D eigenvalue weighted by Crippen LogP contribution is -2.14. The molecule has 0 saturated carbocycles.